The molecule has 1 amide bonds. The molecular weight excluding hydrogens is 324 g/mol. The molecule has 0 spiro atoms. The third-order valence-electron chi connectivity index (χ3n) is 4.99. The lowest BCUT2D eigenvalue weighted by atomic mass is 9.91. The van der Waals surface area contributed by atoms with Crippen LogP contribution >= 0.6 is 11.3 Å². The number of aromatic nitrogens is 3. The summed E-state index contributed by atoms with van der Waals surface area (Å²) >= 11 is 1.73. The minimum Gasteiger partial charge on any atom is -0.366 e. The van der Waals surface area contributed by atoms with Gasteiger partial charge in [-0.15, -0.1) is 11.3 Å². The van der Waals surface area contributed by atoms with Crippen molar-refractivity contribution >= 4 is 17.2 Å². The summed E-state index contributed by atoms with van der Waals surface area (Å²) in [5.41, 5.74) is 1.68. The van der Waals surface area contributed by atoms with Crippen molar-refractivity contribution in [1.82, 2.24) is 20.1 Å². The van der Waals surface area contributed by atoms with Crippen molar-refractivity contribution < 1.29 is 9.53 Å². The molecule has 4 rings (SSSR count). The largest absolute Gasteiger partial charge is 0.366 e. The van der Waals surface area contributed by atoms with Crippen molar-refractivity contribution in [2.45, 2.75) is 38.9 Å². The molecule has 126 valence electrons. The van der Waals surface area contributed by atoms with Gasteiger partial charge in [-0.1, -0.05) is 0 Å². The van der Waals surface area contributed by atoms with E-state index >= 15 is 0 Å². The lowest BCUT2D eigenvalue weighted by Crippen LogP contribution is -2.45. The van der Waals surface area contributed by atoms with E-state index in [0.717, 1.165) is 30.1 Å². The second kappa shape index (κ2) is 6.22. The van der Waals surface area contributed by atoms with E-state index in [2.05, 4.69) is 22.1 Å². The van der Waals surface area contributed by atoms with Gasteiger partial charge in [0.25, 0.3) is 5.91 Å². The van der Waals surface area contributed by atoms with Crippen LogP contribution in [0.1, 0.15) is 44.9 Å². The van der Waals surface area contributed by atoms with Crippen molar-refractivity contribution in [3.8, 4) is 0 Å². The lowest BCUT2D eigenvalue weighted by Gasteiger charge is -2.34. The summed E-state index contributed by atoms with van der Waals surface area (Å²) < 4.78 is 6.26. The van der Waals surface area contributed by atoms with Crippen LogP contribution in [0.25, 0.3) is 0 Å². The zero-order valence-corrected chi connectivity index (χ0v) is 14.6. The van der Waals surface area contributed by atoms with Gasteiger partial charge >= 0.3 is 0 Å². The number of hydrogen-bond donors (Lipinski definition) is 0. The Morgan fingerprint density at radius 1 is 1.38 bits per heavy atom. The van der Waals surface area contributed by atoms with Crippen LogP contribution in [-0.2, 0) is 4.74 Å². The number of piperidine rings is 1. The van der Waals surface area contributed by atoms with Crippen molar-refractivity contribution in [3.05, 3.63) is 39.6 Å². The first-order chi connectivity index (χ1) is 11.6. The predicted octanol–water partition coefficient (Wildman–Crippen LogP) is 2.54. The first-order valence-electron chi connectivity index (χ1n) is 8.27. The van der Waals surface area contributed by atoms with Crippen LogP contribution in [0.15, 0.2) is 18.5 Å². The summed E-state index contributed by atoms with van der Waals surface area (Å²) in [5, 5.41) is 8.60. The van der Waals surface area contributed by atoms with E-state index in [0.29, 0.717) is 18.0 Å². The lowest BCUT2D eigenvalue weighted by molar-refractivity contribution is -0.00452. The third-order valence-corrected chi connectivity index (χ3v) is 6.16. The Balaban J connectivity index is 1.45. The Bertz CT molecular complexity index is 729. The fraction of sp³-hybridized carbons (Fsp3) is 0.529. The number of hydrogen-bond acceptors (Lipinski definition) is 6. The van der Waals surface area contributed by atoms with Crippen LogP contribution in [0.3, 0.4) is 0 Å². The predicted molar refractivity (Wildman–Crippen MR) is 89.9 cm³/mol. The molecule has 7 heteroatoms. The molecule has 24 heavy (non-hydrogen) atoms. The topological polar surface area (TPSA) is 68.2 Å². The minimum absolute atomic E-state index is 0.0105. The molecule has 0 radical (unpaired) electrons. The molecule has 6 nitrogen and oxygen atoms in total. The van der Waals surface area contributed by atoms with E-state index in [-0.39, 0.29) is 18.1 Å². The number of carbonyl (C=O) groups excluding carboxylic acids is 1. The molecule has 2 fully saturated rings. The second-order valence-electron chi connectivity index (χ2n) is 6.52. The number of amides is 1. The number of aryl methyl sites for hydroxylation is 2. The summed E-state index contributed by atoms with van der Waals surface area (Å²) in [7, 11) is 0. The van der Waals surface area contributed by atoms with Crippen LogP contribution in [0, 0.1) is 19.8 Å². The Morgan fingerprint density at radius 3 is 2.96 bits per heavy atom. The highest BCUT2D eigenvalue weighted by Crippen LogP contribution is 2.42. The maximum Gasteiger partial charge on any atom is 0.255 e. The van der Waals surface area contributed by atoms with Crippen LogP contribution in [0.2, 0.25) is 0 Å². The van der Waals surface area contributed by atoms with Gasteiger partial charge < -0.3 is 9.64 Å². The van der Waals surface area contributed by atoms with Crippen LogP contribution in [-0.4, -0.2) is 45.2 Å². The minimum atomic E-state index is 0.0105. The van der Waals surface area contributed by atoms with Gasteiger partial charge in [0.2, 0.25) is 0 Å². The molecule has 2 aromatic heterocycles. The van der Waals surface area contributed by atoms with Crippen molar-refractivity contribution in [3.63, 3.8) is 0 Å². The van der Waals surface area contributed by atoms with Gasteiger partial charge in [-0.05, 0) is 38.7 Å². The molecule has 2 aliphatic heterocycles. The fourth-order valence-corrected chi connectivity index (χ4v) is 4.48. The SMILES string of the molecule is Cc1nc([C@H]2C[C@@H]3CCN(C(=O)c4ccnnc4)C[C@H]3O2)sc1C. The maximum atomic E-state index is 12.6. The molecule has 3 atom stereocenters. The van der Waals surface area contributed by atoms with Gasteiger partial charge in [0, 0.05) is 18.0 Å². The standard InChI is InChI=1S/C17H20N4O2S/c1-10-11(2)24-16(20-10)14-7-12-4-6-21(9-15(12)23-14)17(22)13-3-5-18-19-8-13/h3,5,8,12,14-15H,4,6-7,9H2,1-2H3/t12-,14+,15+/m0/s1. The molecule has 0 saturated carbocycles. The Morgan fingerprint density at radius 2 is 2.25 bits per heavy atom. The number of carbonyl (C=O) groups is 1. The summed E-state index contributed by atoms with van der Waals surface area (Å²) in [6.07, 6.45) is 5.25. The molecule has 2 aliphatic rings. The highest BCUT2D eigenvalue weighted by molar-refractivity contribution is 7.11. The van der Waals surface area contributed by atoms with Gasteiger partial charge in [0.1, 0.15) is 11.1 Å². The van der Waals surface area contributed by atoms with Gasteiger partial charge in [0.15, 0.2) is 0 Å². The number of fused-ring (bicyclic) bond motifs is 1. The van der Waals surface area contributed by atoms with E-state index in [1.807, 2.05) is 11.8 Å². The molecule has 2 saturated heterocycles. The highest BCUT2D eigenvalue weighted by atomic mass is 32.1. The monoisotopic (exact) mass is 344 g/mol. The Labute approximate surface area is 144 Å². The van der Waals surface area contributed by atoms with E-state index in [1.165, 1.54) is 11.1 Å². The molecule has 0 aliphatic carbocycles. The van der Waals surface area contributed by atoms with E-state index in [9.17, 15) is 4.79 Å². The molecule has 0 N–H and O–H groups in total. The highest BCUT2D eigenvalue weighted by Gasteiger charge is 2.41. The number of ether oxygens (including phenoxy) is 1. The zero-order chi connectivity index (χ0) is 16.7. The third kappa shape index (κ3) is 2.82. The molecular formula is C17H20N4O2S. The van der Waals surface area contributed by atoms with Gasteiger partial charge in [-0.25, -0.2) is 4.98 Å². The molecule has 0 aromatic carbocycles. The van der Waals surface area contributed by atoms with Crippen LogP contribution < -0.4 is 0 Å². The summed E-state index contributed by atoms with van der Waals surface area (Å²) in [5.74, 6) is 0.524. The van der Waals surface area contributed by atoms with Crippen molar-refractivity contribution in [1.29, 1.82) is 0 Å². The van der Waals surface area contributed by atoms with E-state index < -0.39 is 0 Å². The Kier molecular flexibility index (Phi) is 4.05. The fourth-order valence-electron chi connectivity index (χ4n) is 3.51. The van der Waals surface area contributed by atoms with Crippen LogP contribution in [0.5, 0.6) is 0 Å². The van der Waals surface area contributed by atoms with Crippen molar-refractivity contribution in [2.75, 3.05) is 13.1 Å². The average Bonchev–Trinajstić information content (AvgIpc) is 3.18. The number of rotatable bonds is 2. The first kappa shape index (κ1) is 15.7. The van der Waals surface area contributed by atoms with Gasteiger partial charge in [-0.2, -0.15) is 10.2 Å². The summed E-state index contributed by atoms with van der Waals surface area (Å²) in [6.45, 7) is 5.56. The number of likely N-dealkylation sites (tertiary alicyclic amines) is 1. The first-order valence-corrected chi connectivity index (χ1v) is 9.09. The van der Waals surface area contributed by atoms with Gasteiger partial charge in [0.05, 0.1) is 29.8 Å². The summed E-state index contributed by atoms with van der Waals surface area (Å²) in [4.78, 5) is 20.4. The molecule has 0 bridgehead atoms. The smallest absolute Gasteiger partial charge is 0.255 e. The Hall–Kier alpha value is -1.86. The summed E-state index contributed by atoms with van der Waals surface area (Å²) in [6, 6.07) is 1.71. The second-order valence-corrected chi connectivity index (χ2v) is 7.76. The van der Waals surface area contributed by atoms with E-state index in [4.69, 9.17) is 4.74 Å². The zero-order valence-electron chi connectivity index (χ0n) is 13.8. The quantitative estimate of drug-likeness (QED) is 0.837. The number of nitrogens with zero attached hydrogens (tertiary/aromatic N) is 4. The van der Waals surface area contributed by atoms with Crippen molar-refractivity contribution in [2.24, 2.45) is 5.92 Å². The van der Waals surface area contributed by atoms with E-state index in [1.54, 1.807) is 23.6 Å². The molecule has 2 aromatic rings. The molecule has 0 unspecified atom stereocenters. The molecule has 4 heterocycles. The van der Waals surface area contributed by atoms with Crippen LogP contribution in [0.4, 0.5) is 0 Å². The average molecular weight is 344 g/mol. The van der Waals surface area contributed by atoms with Gasteiger partial charge in [-0.3, -0.25) is 4.79 Å². The normalized spacial score (nSPS) is 26.4. The number of thiazole rings is 1. The maximum absolute atomic E-state index is 12.6.